The Morgan fingerprint density at radius 2 is 1.80 bits per heavy atom. The molecule has 2 aromatic rings. The molecule has 0 radical (unpaired) electrons. The smallest absolute Gasteiger partial charge is 0.343 e. The molecule has 0 amide bonds. The molecule has 156 valence electrons. The number of benzene rings is 2. The van der Waals surface area contributed by atoms with Crippen molar-refractivity contribution in [2.75, 3.05) is 13.7 Å². The second-order valence-corrected chi connectivity index (χ2v) is 6.86. The number of carbonyl (C=O) groups excluding carboxylic acids is 2. The minimum atomic E-state index is -0.537. The van der Waals surface area contributed by atoms with Crippen LogP contribution in [0.2, 0.25) is 0 Å². The minimum Gasteiger partial charge on any atom is -0.493 e. The summed E-state index contributed by atoms with van der Waals surface area (Å²) in [7, 11) is 1.48. The van der Waals surface area contributed by atoms with Gasteiger partial charge in [0.25, 0.3) is 0 Å². The first-order chi connectivity index (χ1) is 14.4. The Kier molecular flexibility index (Phi) is 6.68. The lowest BCUT2D eigenvalue weighted by Crippen LogP contribution is -2.45. The molecule has 2 aromatic carbocycles. The zero-order valence-electron chi connectivity index (χ0n) is 16.9. The molecule has 30 heavy (non-hydrogen) atoms. The Hall–Kier alpha value is -3.39. The second kappa shape index (κ2) is 9.41. The standard InChI is InChI=1S/C22H22N2O5S/c1-4-28-21(26)18-13(2)23-22(30)24-19(18)15-10-11-16(17(12-15)27-3)29-20(25)14-8-6-5-7-9-14/h5-12,19H,4H2,1-3H3,(H2,23,24,30)/t19-/m0/s1. The Morgan fingerprint density at radius 3 is 2.47 bits per heavy atom. The Balaban J connectivity index is 1.92. The maximum absolute atomic E-state index is 12.5. The zero-order chi connectivity index (χ0) is 21.7. The van der Waals surface area contributed by atoms with Gasteiger partial charge in [-0.05, 0) is 55.9 Å². The number of carbonyl (C=O) groups is 2. The van der Waals surface area contributed by atoms with E-state index in [0.29, 0.717) is 33.3 Å². The normalized spacial score (nSPS) is 15.7. The van der Waals surface area contributed by atoms with Crippen LogP contribution in [0.4, 0.5) is 0 Å². The quantitative estimate of drug-likeness (QED) is 0.414. The fraction of sp³-hybridized carbons (Fsp3) is 0.227. The number of hydrogen-bond donors (Lipinski definition) is 2. The van der Waals surface area contributed by atoms with Crippen LogP contribution in [-0.2, 0) is 9.53 Å². The highest BCUT2D eigenvalue weighted by Gasteiger charge is 2.31. The predicted molar refractivity (Wildman–Crippen MR) is 115 cm³/mol. The third-order valence-corrected chi connectivity index (χ3v) is 4.72. The third kappa shape index (κ3) is 4.60. The van der Waals surface area contributed by atoms with Gasteiger partial charge in [0.15, 0.2) is 16.6 Å². The van der Waals surface area contributed by atoms with Crippen molar-refractivity contribution >= 4 is 29.3 Å². The Bertz CT molecular complexity index is 1000. The van der Waals surface area contributed by atoms with E-state index in [-0.39, 0.29) is 12.4 Å². The van der Waals surface area contributed by atoms with Gasteiger partial charge in [-0.1, -0.05) is 24.3 Å². The topological polar surface area (TPSA) is 85.9 Å². The number of nitrogens with one attached hydrogen (secondary N) is 2. The summed E-state index contributed by atoms with van der Waals surface area (Å²) >= 11 is 5.25. The predicted octanol–water partition coefficient (Wildman–Crippen LogP) is 3.27. The Morgan fingerprint density at radius 1 is 1.07 bits per heavy atom. The minimum absolute atomic E-state index is 0.254. The highest BCUT2D eigenvalue weighted by molar-refractivity contribution is 7.80. The molecule has 1 aliphatic rings. The van der Waals surface area contributed by atoms with Crippen molar-refractivity contribution < 1.29 is 23.8 Å². The number of allylic oxidation sites excluding steroid dienone is 1. The van der Waals surface area contributed by atoms with Gasteiger partial charge >= 0.3 is 11.9 Å². The molecule has 1 atom stereocenters. The maximum atomic E-state index is 12.5. The van der Waals surface area contributed by atoms with Crippen LogP contribution in [0.5, 0.6) is 11.5 Å². The van der Waals surface area contributed by atoms with Crippen molar-refractivity contribution in [3.63, 3.8) is 0 Å². The molecule has 0 saturated carbocycles. The van der Waals surface area contributed by atoms with E-state index >= 15 is 0 Å². The largest absolute Gasteiger partial charge is 0.493 e. The van der Waals surface area contributed by atoms with E-state index < -0.39 is 18.0 Å². The van der Waals surface area contributed by atoms with Crippen molar-refractivity contribution in [3.05, 3.63) is 70.9 Å². The summed E-state index contributed by atoms with van der Waals surface area (Å²) in [5, 5.41) is 6.43. The fourth-order valence-corrected chi connectivity index (χ4v) is 3.38. The van der Waals surface area contributed by atoms with Crippen molar-refractivity contribution in [2.24, 2.45) is 0 Å². The zero-order valence-corrected chi connectivity index (χ0v) is 17.7. The van der Waals surface area contributed by atoms with Crippen LogP contribution < -0.4 is 20.1 Å². The van der Waals surface area contributed by atoms with Crippen LogP contribution in [0.15, 0.2) is 59.8 Å². The van der Waals surface area contributed by atoms with E-state index in [1.54, 1.807) is 56.3 Å². The summed E-state index contributed by atoms with van der Waals surface area (Å²) in [6.07, 6.45) is 0. The lowest BCUT2D eigenvalue weighted by atomic mass is 9.95. The molecule has 0 spiro atoms. The molecule has 1 heterocycles. The van der Waals surface area contributed by atoms with Gasteiger partial charge in [-0.2, -0.15) is 0 Å². The number of rotatable bonds is 6. The van der Waals surface area contributed by atoms with Gasteiger partial charge in [-0.3, -0.25) is 0 Å². The van der Waals surface area contributed by atoms with E-state index in [1.807, 2.05) is 6.07 Å². The van der Waals surface area contributed by atoms with Crippen LogP contribution in [0.3, 0.4) is 0 Å². The molecule has 8 heteroatoms. The van der Waals surface area contributed by atoms with Crippen molar-refractivity contribution in [1.82, 2.24) is 10.6 Å². The van der Waals surface area contributed by atoms with Crippen LogP contribution in [0.1, 0.15) is 35.8 Å². The molecular formula is C22H22N2O5S. The van der Waals surface area contributed by atoms with Gasteiger partial charge in [0.05, 0.1) is 30.9 Å². The molecule has 2 N–H and O–H groups in total. The van der Waals surface area contributed by atoms with E-state index in [0.717, 1.165) is 0 Å². The summed E-state index contributed by atoms with van der Waals surface area (Å²) in [5.74, 6) is -0.319. The highest BCUT2D eigenvalue weighted by atomic mass is 32.1. The molecule has 1 aliphatic heterocycles. The van der Waals surface area contributed by atoms with E-state index in [2.05, 4.69) is 10.6 Å². The molecule has 0 bridgehead atoms. The molecule has 0 fully saturated rings. The van der Waals surface area contributed by atoms with E-state index in [9.17, 15) is 9.59 Å². The molecule has 0 aliphatic carbocycles. The van der Waals surface area contributed by atoms with Crippen LogP contribution in [0, 0.1) is 0 Å². The van der Waals surface area contributed by atoms with Crippen molar-refractivity contribution in [1.29, 1.82) is 0 Å². The highest BCUT2D eigenvalue weighted by Crippen LogP contribution is 2.35. The third-order valence-electron chi connectivity index (χ3n) is 4.50. The van der Waals surface area contributed by atoms with E-state index in [1.165, 1.54) is 7.11 Å². The summed E-state index contributed by atoms with van der Waals surface area (Å²) in [5.41, 5.74) is 2.16. The van der Waals surface area contributed by atoms with Crippen LogP contribution >= 0.6 is 12.2 Å². The van der Waals surface area contributed by atoms with Crippen LogP contribution in [0.25, 0.3) is 0 Å². The van der Waals surface area contributed by atoms with Crippen molar-refractivity contribution in [3.8, 4) is 11.5 Å². The fourth-order valence-electron chi connectivity index (χ4n) is 3.10. The molecular weight excluding hydrogens is 404 g/mol. The summed E-state index contributed by atoms with van der Waals surface area (Å²) in [6.45, 7) is 3.76. The molecule has 0 aromatic heterocycles. The van der Waals surface area contributed by atoms with Gasteiger partial charge < -0.3 is 24.8 Å². The average molecular weight is 426 g/mol. The summed E-state index contributed by atoms with van der Waals surface area (Å²) in [6, 6.07) is 13.2. The second-order valence-electron chi connectivity index (χ2n) is 6.46. The first kappa shape index (κ1) is 21.3. The number of esters is 2. The first-order valence-electron chi connectivity index (χ1n) is 9.35. The number of thiocarbonyl (C=S) groups is 1. The van der Waals surface area contributed by atoms with Gasteiger partial charge in [0.1, 0.15) is 0 Å². The summed E-state index contributed by atoms with van der Waals surface area (Å²) in [4.78, 5) is 24.9. The molecule has 7 nitrogen and oxygen atoms in total. The van der Waals surface area contributed by atoms with Gasteiger partial charge in [-0.25, -0.2) is 9.59 Å². The first-order valence-corrected chi connectivity index (χ1v) is 9.76. The van der Waals surface area contributed by atoms with E-state index in [4.69, 9.17) is 26.4 Å². The van der Waals surface area contributed by atoms with Gasteiger partial charge in [0, 0.05) is 5.70 Å². The average Bonchev–Trinajstić information content (AvgIpc) is 2.74. The molecule has 3 rings (SSSR count). The molecule has 0 saturated heterocycles. The monoisotopic (exact) mass is 426 g/mol. The van der Waals surface area contributed by atoms with Gasteiger partial charge in [-0.15, -0.1) is 0 Å². The van der Waals surface area contributed by atoms with Gasteiger partial charge in [0.2, 0.25) is 0 Å². The van der Waals surface area contributed by atoms with Crippen LogP contribution in [-0.4, -0.2) is 30.8 Å². The lowest BCUT2D eigenvalue weighted by molar-refractivity contribution is -0.139. The molecule has 0 unspecified atom stereocenters. The van der Waals surface area contributed by atoms with Crippen molar-refractivity contribution in [2.45, 2.75) is 19.9 Å². The summed E-state index contributed by atoms with van der Waals surface area (Å²) < 4.78 is 16.1. The lowest BCUT2D eigenvalue weighted by Gasteiger charge is -2.30. The SMILES string of the molecule is CCOC(=O)C1=C(C)NC(=S)N[C@H]1c1ccc(OC(=O)c2ccccc2)c(OC)c1. The number of ether oxygens (including phenoxy) is 3. The maximum Gasteiger partial charge on any atom is 0.343 e. The number of hydrogen-bond acceptors (Lipinski definition) is 6. The Labute approximate surface area is 180 Å². The number of methoxy groups -OCH3 is 1.